The van der Waals surface area contributed by atoms with E-state index in [9.17, 15) is 9.59 Å². The number of rotatable bonds is 6. The molecule has 0 radical (unpaired) electrons. The number of nitrogens with one attached hydrogen (secondary N) is 1. The summed E-state index contributed by atoms with van der Waals surface area (Å²) in [7, 11) is 0. The Labute approximate surface area is 207 Å². The number of hydrogen-bond acceptors (Lipinski definition) is 7. The Hall–Kier alpha value is -3.69. The van der Waals surface area contributed by atoms with Gasteiger partial charge >= 0.3 is 5.97 Å². The molecule has 0 spiro atoms. The molecular weight excluding hydrogens is 464 g/mol. The van der Waals surface area contributed by atoms with Crippen molar-refractivity contribution in [2.45, 2.75) is 20.0 Å². The predicted octanol–water partition coefficient (Wildman–Crippen LogP) is 4.42. The van der Waals surface area contributed by atoms with Crippen LogP contribution in [0.3, 0.4) is 0 Å². The van der Waals surface area contributed by atoms with Gasteiger partial charge in [0.25, 0.3) is 5.91 Å². The molecule has 4 aromatic rings. The van der Waals surface area contributed by atoms with Gasteiger partial charge in [-0.2, -0.15) is 5.10 Å². The molecule has 2 aromatic carbocycles. The number of ether oxygens (including phenoxy) is 2. The fourth-order valence-electron chi connectivity index (χ4n) is 3.99. The smallest absolute Gasteiger partial charge is 0.349 e. The van der Waals surface area contributed by atoms with E-state index in [0.717, 1.165) is 40.4 Å². The molecule has 2 aromatic heterocycles. The number of para-hydroxylation sites is 1. The number of thiophene rings is 1. The van der Waals surface area contributed by atoms with Gasteiger partial charge in [-0.3, -0.25) is 4.79 Å². The largest absolute Gasteiger partial charge is 0.448 e. The molecule has 1 aliphatic heterocycles. The van der Waals surface area contributed by atoms with E-state index in [4.69, 9.17) is 9.47 Å². The van der Waals surface area contributed by atoms with E-state index in [1.54, 1.807) is 13.0 Å². The van der Waals surface area contributed by atoms with E-state index in [0.29, 0.717) is 23.8 Å². The Morgan fingerprint density at radius 3 is 2.49 bits per heavy atom. The number of fused-ring (bicyclic) bond motifs is 1. The topological polar surface area (TPSA) is 85.7 Å². The molecule has 0 bridgehead atoms. The second kappa shape index (κ2) is 9.89. The van der Waals surface area contributed by atoms with Gasteiger partial charge in [0.15, 0.2) is 6.10 Å². The first-order valence-electron chi connectivity index (χ1n) is 11.5. The van der Waals surface area contributed by atoms with E-state index in [1.165, 1.54) is 11.3 Å². The van der Waals surface area contributed by atoms with Gasteiger partial charge in [-0.15, -0.1) is 11.3 Å². The summed E-state index contributed by atoms with van der Waals surface area (Å²) in [4.78, 5) is 29.0. The number of anilines is 2. The molecule has 9 heteroatoms. The standard InChI is InChI=1S/C26H26N4O4S/c1-17-22-16-23(35-25(22)30(28-17)21-6-4-3-5-7-21)26(32)34-18(2)24(31)27-19-8-10-20(11-9-19)29-12-14-33-15-13-29/h3-11,16,18H,12-15H2,1-2H3,(H,27,31)/t18-/m0/s1. The van der Waals surface area contributed by atoms with Crippen molar-refractivity contribution in [2.24, 2.45) is 0 Å². The van der Waals surface area contributed by atoms with Crippen molar-refractivity contribution in [1.29, 1.82) is 0 Å². The van der Waals surface area contributed by atoms with Crippen LogP contribution in [0.25, 0.3) is 15.9 Å². The van der Waals surface area contributed by atoms with Gasteiger partial charge in [0.05, 0.1) is 24.6 Å². The zero-order valence-corrected chi connectivity index (χ0v) is 20.4. The van der Waals surface area contributed by atoms with Crippen LogP contribution in [-0.2, 0) is 14.3 Å². The molecular formula is C26H26N4O4S. The summed E-state index contributed by atoms with van der Waals surface area (Å²) < 4.78 is 12.7. The molecule has 1 saturated heterocycles. The van der Waals surface area contributed by atoms with Crippen LogP contribution >= 0.6 is 11.3 Å². The molecule has 0 saturated carbocycles. The molecule has 180 valence electrons. The average molecular weight is 491 g/mol. The number of nitrogens with zero attached hydrogens (tertiary/aromatic N) is 3. The van der Waals surface area contributed by atoms with Crippen molar-refractivity contribution >= 4 is 44.8 Å². The molecule has 1 fully saturated rings. The summed E-state index contributed by atoms with van der Waals surface area (Å²) >= 11 is 1.30. The number of benzene rings is 2. The third-order valence-corrected chi connectivity index (χ3v) is 7.00. The second-order valence-corrected chi connectivity index (χ2v) is 9.38. The highest BCUT2D eigenvalue weighted by Gasteiger charge is 2.23. The molecule has 0 aliphatic carbocycles. The lowest BCUT2D eigenvalue weighted by Crippen LogP contribution is -2.36. The monoisotopic (exact) mass is 490 g/mol. The van der Waals surface area contributed by atoms with Crippen molar-refractivity contribution in [3.05, 3.63) is 71.2 Å². The minimum absolute atomic E-state index is 0.384. The van der Waals surface area contributed by atoms with Crippen LogP contribution in [0.5, 0.6) is 0 Å². The van der Waals surface area contributed by atoms with Crippen molar-refractivity contribution < 1.29 is 19.1 Å². The maximum absolute atomic E-state index is 12.8. The summed E-state index contributed by atoms with van der Waals surface area (Å²) in [5.74, 6) is -0.916. The predicted molar refractivity (Wildman–Crippen MR) is 137 cm³/mol. The zero-order chi connectivity index (χ0) is 24.4. The number of carbonyl (C=O) groups excluding carboxylic acids is 2. The van der Waals surface area contributed by atoms with Crippen LogP contribution in [0.15, 0.2) is 60.7 Å². The number of morpholine rings is 1. The van der Waals surface area contributed by atoms with Crippen LogP contribution in [0.1, 0.15) is 22.3 Å². The van der Waals surface area contributed by atoms with E-state index >= 15 is 0 Å². The molecule has 1 atom stereocenters. The minimum atomic E-state index is -0.946. The lowest BCUT2D eigenvalue weighted by Gasteiger charge is -2.28. The molecule has 1 amide bonds. The molecule has 35 heavy (non-hydrogen) atoms. The van der Waals surface area contributed by atoms with Gasteiger partial charge in [-0.1, -0.05) is 18.2 Å². The lowest BCUT2D eigenvalue weighted by atomic mass is 10.2. The highest BCUT2D eigenvalue weighted by molar-refractivity contribution is 7.20. The quantitative estimate of drug-likeness (QED) is 0.403. The molecule has 5 rings (SSSR count). The van der Waals surface area contributed by atoms with E-state index in [1.807, 2.05) is 66.2 Å². The van der Waals surface area contributed by atoms with Gasteiger partial charge in [-0.05, 0) is 56.3 Å². The number of esters is 1. The van der Waals surface area contributed by atoms with Gasteiger partial charge < -0.3 is 19.7 Å². The summed E-state index contributed by atoms with van der Waals surface area (Å²) in [6.45, 7) is 6.60. The van der Waals surface area contributed by atoms with E-state index in [-0.39, 0.29) is 5.91 Å². The highest BCUT2D eigenvalue weighted by atomic mass is 32.1. The van der Waals surface area contributed by atoms with Gasteiger partial charge in [0.1, 0.15) is 9.71 Å². The van der Waals surface area contributed by atoms with Crippen LogP contribution in [0.2, 0.25) is 0 Å². The number of carbonyl (C=O) groups is 2. The maximum atomic E-state index is 12.8. The third-order valence-electron chi connectivity index (χ3n) is 5.91. The maximum Gasteiger partial charge on any atom is 0.349 e. The zero-order valence-electron chi connectivity index (χ0n) is 19.6. The molecule has 1 aliphatic rings. The Kier molecular flexibility index (Phi) is 6.52. The number of amides is 1. The summed E-state index contributed by atoms with van der Waals surface area (Å²) in [6.07, 6.45) is -0.946. The molecule has 3 heterocycles. The Morgan fingerprint density at radius 1 is 1.06 bits per heavy atom. The Bertz CT molecular complexity index is 1340. The fourth-order valence-corrected chi connectivity index (χ4v) is 5.05. The Balaban J connectivity index is 1.24. The van der Waals surface area contributed by atoms with Gasteiger partial charge in [0, 0.05) is 29.9 Å². The normalized spacial score (nSPS) is 14.6. The highest BCUT2D eigenvalue weighted by Crippen LogP contribution is 2.31. The first-order chi connectivity index (χ1) is 17.0. The van der Waals surface area contributed by atoms with E-state index in [2.05, 4.69) is 15.3 Å². The fraction of sp³-hybridized carbons (Fsp3) is 0.269. The van der Waals surface area contributed by atoms with Gasteiger partial charge in [-0.25, -0.2) is 9.48 Å². The SMILES string of the molecule is Cc1nn(-c2ccccc2)c2sc(C(=O)O[C@@H](C)C(=O)Nc3ccc(N4CCOCC4)cc3)cc12. The number of aryl methyl sites for hydroxylation is 1. The summed E-state index contributed by atoms with van der Waals surface area (Å²) in [6, 6.07) is 19.2. The van der Waals surface area contributed by atoms with Crippen LogP contribution in [0, 0.1) is 6.92 Å². The van der Waals surface area contributed by atoms with Crippen LogP contribution in [0.4, 0.5) is 11.4 Å². The van der Waals surface area contributed by atoms with Crippen LogP contribution in [-0.4, -0.2) is 54.1 Å². The minimum Gasteiger partial charge on any atom is -0.448 e. The summed E-state index contributed by atoms with van der Waals surface area (Å²) in [5.41, 5.74) is 3.47. The lowest BCUT2D eigenvalue weighted by molar-refractivity contribution is -0.123. The van der Waals surface area contributed by atoms with Crippen LogP contribution < -0.4 is 10.2 Å². The second-order valence-electron chi connectivity index (χ2n) is 8.35. The first kappa shape index (κ1) is 23.1. The molecule has 0 unspecified atom stereocenters. The van der Waals surface area contributed by atoms with E-state index < -0.39 is 12.1 Å². The Morgan fingerprint density at radius 2 is 1.77 bits per heavy atom. The summed E-state index contributed by atoms with van der Waals surface area (Å²) in [5, 5.41) is 8.31. The number of hydrogen-bond donors (Lipinski definition) is 1. The van der Waals surface area contributed by atoms with Gasteiger partial charge in [0.2, 0.25) is 0 Å². The molecule has 8 nitrogen and oxygen atoms in total. The van der Waals surface area contributed by atoms with Crippen molar-refractivity contribution in [2.75, 3.05) is 36.5 Å². The first-order valence-corrected chi connectivity index (χ1v) is 12.3. The van der Waals surface area contributed by atoms with Crippen molar-refractivity contribution in [3.63, 3.8) is 0 Å². The van der Waals surface area contributed by atoms with Crippen molar-refractivity contribution in [1.82, 2.24) is 9.78 Å². The average Bonchev–Trinajstić information content (AvgIpc) is 3.46. The number of aromatic nitrogens is 2. The molecule has 1 N–H and O–H groups in total. The van der Waals surface area contributed by atoms with Crippen molar-refractivity contribution in [3.8, 4) is 5.69 Å². The third kappa shape index (κ3) is 4.91.